The van der Waals surface area contributed by atoms with E-state index in [0.29, 0.717) is 5.75 Å². The smallest absolute Gasteiger partial charge is 0.230 e. The zero-order chi connectivity index (χ0) is 16.1. The van der Waals surface area contributed by atoms with Crippen molar-refractivity contribution in [3.8, 4) is 0 Å². The van der Waals surface area contributed by atoms with E-state index in [1.807, 2.05) is 19.1 Å². The molecule has 5 heteroatoms. The quantitative estimate of drug-likeness (QED) is 0.782. The summed E-state index contributed by atoms with van der Waals surface area (Å²) in [5, 5.41) is 3.00. The molecule has 0 saturated carbocycles. The molecule has 1 amide bonds. The third-order valence-corrected chi connectivity index (χ3v) is 5.39. The lowest BCUT2D eigenvalue weighted by atomic mass is 10.1. The minimum atomic E-state index is -0.0328. The topological polar surface area (TPSA) is 42.0 Å². The van der Waals surface area contributed by atoms with Crippen molar-refractivity contribution in [1.82, 2.24) is 10.3 Å². The Morgan fingerprint density at radius 3 is 2.82 bits per heavy atom. The molecule has 1 atom stereocenters. The van der Waals surface area contributed by atoms with Gasteiger partial charge >= 0.3 is 0 Å². The number of hydrogen-bond acceptors (Lipinski definition) is 3. The molecule has 1 aromatic carbocycles. The summed E-state index contributed by atoms with van der Waals surface area (Å²) in [6.45, 7) is 6.08. The number of carbonyl (C=O) groups is 1. The van der Waals surface area contributed by atoms with Crippen LogP contribution in [0.25, 0.3) is 0 Å². The van der Waals surface area contributed by atoms with Gasteiger partial charge in [-0.1, -0.05) is 22.0 Å². The first-order chi connectivity index (χ1) is 10.5. The van der Waals surface area contributed by atoms with E-state index < -0.39 is 0 Å². The molecule has 1 unspecified atom stereocenters. The number of nitrogens with one attached hydrogen (secondary N) is 1. The molecule has 0 bridgehead atoms. The molecule has 1 heterocycles. The Balaban J connectivity index is 1.92. The van der Waals surface area contributed by atoms with Crippen molar-refractivity contribution >= 4 is 33.6 Å². The third kappa shape index (κ3) is 4.58. The first-order valence-electron chi connectivity index (χ1n) is 7.06. The van der Waals surface area contributed by atoms with Gasteiger partial charge in [-0.25, -0.2) is 0 Å². The molecule has 0 saturated heterocycles. The predicted octanol–water partition coefficient (Wildman–Crippen LogP) is 4.43. The van der Waals surface area contributed by atoms with Crippen LogP contribution in [0.4, 0.5) is 0 Å². The van der Waals surface area contributed by atoms with Crippen LogP contribution in [0.15, 0.2) is 46.0 Å². The Hall–Kier alpha value is -1.33. The molecular weight excluding hydrogens is 360 g/mol. The molecular formula is C17H19BrN2OS. The second-order valence-electron chi connectivity index (χ2n) is 5.23. The van der Waals surface area contributed by atoms with Gasteiger partial charge in [0.1, 0.15) is 0 Å². The van der Waals surface area contributed by atoms with Crippen LogP contribution in [0, 0.1) is 13.8 Å². The van der Waals surface area contributed by atoms with E-state index in [-0.39, 0.29) is 11.9 Å². The molecule has 116 valence electrons. The average Bonchev–Trinajstić information content (AvgIpc) is 2.50. The number of amides is 1. The fourth-order valence-electron chi connectivity index (χ4n) is 2.05. The number of thioether (sulfide) groups is 1. The highest BCUT2D eigenvalue weighted by Crippen LogP contribution is 2.28. The summed E-state index contributed by atoms with van der Waals surface area (Å²) in [5.41, 5.74) is 3.37. The number of pyridine rings is 1. The number of halogens is 1. The summed E-state index contributed by atoms with van der Waals surface area (Å²) in [6.07, 6.45) is 3.51. The summed E-state index contributed by atoms with van der Waals surface area (Å²) >= 11 is 5.09. The highest BCUT2D eigenvalue weighted by Gasteiger charge is 2.11. The first-order valence-corrected chi connectivity index (χ1v) is 8.84. The molecule has 1 aromatic heterocycles. The van der Waals surface area contributed by atoms with E-state index in [1.54, 1.807) is 24.2 Å². The van der Waals surface area contributed by atoms with Gasteiger partial charge in [0.05, 0.1) is 11.8 Å². The summed E-state index contributed by atoms with van der Waals surface area (Å²) < 4.78 is 1.10. The van der Waals surface area contributed by atoms with Crippen molar-refractivity contribution in [3.63, 3.8) is 0 Å². The normalized spacial score (nSPS) is 12.0. The van der Waals surface area contributed by atoms with Gasteiger partial charge in [0.25, 0.3) is 0 Å². The van der Waals surface area contributed by atoms with Crippen molar-refractivity contribution in [3.05, 3.63) is 57.8 Å². The molecule has 0 aliphatic rings. The van der Waals surface area contributed by atoms with Gasteiger partial charge in [-0.3, -0.25) is 9.78 Å². The standard InChI is InChI=1S/C17H19BrN2OS/c1-11-8-16(12(2)7-15(11)18)22-10-17(21)20-13(3)14-5-4-6-19-9-14/h4-9,13H,10H2,1-3H3,(H,20,21). The lowest BCUT2D eigenvalue weighted by molar-refractivity contribution is -0.119. The molecule has 22 heavy (non-hydrogen) atoms. The van der Waals surface area contributed by atoms with E-state index in [4.69, 9.17) is 0 Å². The second-order valence-corrected chi connectivity index (χ2v) is 7.10. The van der Waals surface area contributed by atoms with Crippen molar-refractivity contribution in [2.45, 2.75) is 31.7 Å². The predicted molar refractivity (Wildman–Crippen MR) is 95.1 cm³/mol. The molecule has 3 nitrogen and oxygen atoms in total. The van der Waals surface area contributed by atoms with E-state index >= 15 is 0 Å². The maximum atomic E-state index is 12.1. The second kappa shape index (κ2) is 7.79. The number of nitrogens with zero attached hydrogens (tertiary/aromatic N) is 1. The van der Waals surface area contributed by atoms with Gasteiger partial charge < -0.3 is 5.32 Å². The van der Waals surface area contributed by atoms with Gasteiger partial charge in [0.2, 0.25) is 5.91 Å². The van der Waals surface area contributed by atoms with Crippen LogP contribution in [0.1, 0.15) is 29.7 Å². The molecule has 0 aliphatic heterocycles. The first kappa shape index (κ1) is 17.0. The number of aromatic nitrogens is 1. The lowest BCUT2D eigenvalue weighted by Gasteiger charge is -2.14. The van der Waals surface area contributed by atoms with Crippen molar-refractivity contribution in [1.29, 1.82) is 0 Å². The lowest BCUT2D eigenvalue weighted by Crippen LogP contribution is -2.28. The molecule has 0 fully saturated rings. The summed E-state index contributed by atoms with van der Waals surface area (Å²) in [5.74, 6) is 0.438. The van der Waals surface area contributed by atoms with Gasteiger partial charge in [-0.2, -0.15) is 0 Å². The van der Waals surface area contributed by atoms with E-state index in [1.165, 1.54) is 11.1 Å². The number of hydrogen-bond donors (Lipinski definition) is 1. The molecule has 0 radical (unpaired) electrons. The van der Waals surface area contributed by atoms with E-state index in [2.05, 4.69) is 52.2 Å². The minimum Gasteiger partial charge on any atom is -0.349 e. The number of rotatable bonds is 5. The fraction of sp³-hybridized carbons (Fsp3) is 0.294. The summed E-state index contributed by atoms with van der Waals surface area (Å²) in [7, 11) is 0. The molecule has 2 aromatic rings. The molecule has 2 rings (SSSR count). The Labute approximate surface area is 144 Å². The Morgan fingerprint density at radius 1 is 1.36 bits per heavy atom. The molecule has 0 aliphatic carbocycles. The van der Waals surface area contributed by atoms with Gasteiger partial charge in [-0.05, 0) is 55.7 Å². The van der Waals surface area contributed by atoms with Gasteiger partial charge in [-0.15, -0.1) is 11.8 Å². The Bertz CT molecular complexity index is 661. The van der Waals surface area contributed by atoms with Crippen molar-refractivity contribution < 1.29 is 4.79 Å². The zero-order valence-electron chi connectivity index (χ0n) is 12.9. The SMILES string of the molecule is Cc1cc(SCC(=O)NC(C)c2cccnc2)c(C)cc1Br. The van der Waals surface area contributed by atoms with Crippen LogP contribution in [0.5, 0.6) is 0 Å². The van der Waals surface area contributed by atoms with Gasteiger partial charge in [0, 0.05) is 21.8 Å². The number of aryl methyl sites for hydroxylation is 2. The fourth-order valence-corrected chi connectivity index (χ4v) is 3.43. The largest absolute Gasteiger partial charge is 0.349 e. The summed E-state index contributed by atoms with van der Waals surface area (Å²) in [6, 6.07) is 8.01. The monoisotopic (exact) mass is 378 g/mol. The third-order valence-electron chi connectivity index (χ3n) is 3.38. The molecule has 1 N–H and O–H groups in total. The van der Waals surface area contributed by atoms with Crippen molar-refractivity contribution in [2.75, 3.05) is 5.75 Å². The highest BCUT2D eigenvalue weighted by atomic mass is 79.9. The average molecular weight is 379 g/mol. The Morgan fingerprint density at radius 2 is 2.14 bits per heavy atom. The van der Waals surface area contributed by atoms with Crippen LogP contribution in [0.2, 0.25) is 0 Å². The minimum absolute atomic E-state index is 0.0290. The van der Waals surface area contributed by atoms with E-state index in [0.717, 1.165) is 14.9 Å². The van der Waals surface area contributed by atoms with E-state index in [9.17, 15) is 4.79 Å². The van der Waals surface area contributed by atoms with Crippen molar-refractivity contribution in [2.24, 2.45) is 0 Å². The number of carbonyl (C=O) groups excluding carboxylic acids is 1. The van der Waals surface area contributed by atoms with Crippen LogP contribution in [-0.4, -0.2) is 16.6 Å². The van der Waals surface area contributed by atoms with Crippen LogP contribution >= 0.6 is 27.7 Å². The van der Waals surface area contributed by atoms with Crippen LogP contribution in [-0.2, 0) is 4.79 Å². The highest BCUT2D eigenvalue weighted by molar-refractivity contribution is 9.10. The summed E-state index contributed by atoms with van der Waals surface area (Å²) in [4.78, 5) is 17.3. The van der Waals surface area contributed by atoms with Crippen LogP contribution < -0.4 is 5.32 Å². The maximum Gasteiger partial charge on any atom is 0.230 e. The zero-order valence-corrected chi connectivity index (χ0v) is 15.3. The van der Waals surface area contributed by atoms with Crippen LogP contribution in [0.3, 0.4) is 0 Å². The Kier molecular flexibility index (Phi) is 6.03. The van der Waals surface area contributed by atoms with Gasteiger partial charge in [0.15, 0.2) is 0 Å². The molecule has 0 spiro atoms. The number of benzene rings is 1. The maximum absolute atomic E-state index is 12.1.